The van der Waals surface area contributed by atoms with Crippen molar-refractivity contribution in [3.8, 4) is 11.3 Å². The van der Waals surface area contributed by atoms with E-state index in [1.165, 1.54) is 37.3 Å². The Hall–Kier alpha value is -3.41. The molecule has 2 aromatic heterocycles. The number of halogens is 5. The Morgan fingerprint density at radius 3 is 2.62 bits per heavy atom. The lowest BCUT2D eigenvalue weighted by Crippen LogP contribution is -2.41. The van der Waals surface area contributed by atoms with Crippen LogP contribution in [0.4, 0.5) is 13.2 Å². The molecule has 0 radical (unpaired) electrons. The van der Waals surface area contributed by atoms with E-state index < -0.39 is 35.0 Å². The second kappa shape index (κ2) is 10.6. The molecule has 1 atom stereocenters. The van der Waals surface area contributed by atoms with Gasteiger partial charge in [-0.1, -0.05) is 63.1 Å². The van der Waals surface area contributed by atoms with Crippen molar-refractivity contribution in [3.63, 3.8) is 0 Å². The Morgan fingerprint density at radius 1 is 1.21 bits per heavy atom. The maximum atomic E-state index is 14.2. The summed E-state index contributed by atoms with van der Waals surface area (Å²) < 4.78 is 55.4. The number of benzene rings is 2. The standard InChI is InChI=1S/C27H17BrClF3N2O4S/c1-2-37-25(36)21-22(14-6-8-17(29)9-7-14)34-24(35)20(39-26(34)33-23(21)27(30,31)32)13-18-10-11-19(38-18)15-4-3-5-16(28)12-15/h3-13,22H,2H2,1H3/b20-13-/t22-/m1/s1. The van der Waals surface area contributed by atoms with Gasteiger partial charge in [-0.15, -0.1) is 0 Å². The second-order valence-electron chi connectivity index (χ2n) is 8.33. The molecule has 39 heavy (non-hydrogen) atoms. The molecule has 0 N–H and O–H groups in total. The lowest BCUT2D eigenvalue weighted by Gasteiger charge is -2.26. The minimum Gasteiger partial charge on any atom is -0.463 e. The molecule has 0 saturated heterocycles. The van der Waals surface area contributed by atoms with Gasteiger partial charge in [0.25, 0.3) is 5.56 Å². The fourth-order valence-corrected chi connectivity index (χ4v) is 5.66. The van der Waals surface area contributed by atoms with E-state index in [2.05, 4.69) is 20.9 Å². The van der Waals surface area contributed by atoms with Crippen molar-refractivity contribution in [1.82, 2.24) is 4.57 Å². The number of esters is 1. The normalized spacial score (nSPS) is 15.7. The van der Waals surface area contributed by atoms with E-state index >= 15 is 0 Å². The fraction of sp³-hybridized carbons (Fsp3) is 0.148. The topological polar surface area (TPSA) is 73.8 Å². The number of carbonyl (C=O) groups excluding carboxylic acids is 1. The first kappa shape index (κ1) is 27.2. The van der Waals surface area contributed by atoms with Crippen molar-refractivity contribution >= 4 is 50.9 Å². The summed E-state index contributed by atoms with van der Waals surface area (Å²) in [6.07, 6.45) is -3.55. The van der Waals surface area contributed by atoms with Crippen molar-refractivity contribution in [2.75, 3.05) is 6.61 Å². The number of alkyl halides is 3. The first-order valence-corrected chi connectivity index (χ1v) is 13.5. The van der Waals surface area contributed by atoms with Gasteiger partial charge < -0.3 is 9.15 Å². The molecule has 0 aliphatic carbocycles. The highest BCUT2D eigenvalue weighted by atomic mass is 79.9. The zero-order chi connectivity index (χ0) is 27.9. The Morgan fingerprint density at radius 2 is 1.95 bits per heavy atom. The Bertz CT molecular complexity index is 1790. The van der Waals surface area contributed by atoms with Crippen LogP contribution in [0, 0.1) is 0 Å². The van der Waals surface area contributed by atoms with Crippen molar-refractivity contribution in [3.05, 3.63) is 112 Å². The van der Waals surface area contributed by atoms with Crippen LogP contribution in [0.25, 0.3) is 17.4 Å². The molecule has 6 nitrogen and oxygen atoms in total. The third-order valence-corrected chi connectivity index (χ3v) is 7.52. The fourth-order valence-electron chi connectivity index (χ4n) is 4.16. The van der Waals surface area contributed by atoms with Crippen LogP contribution in [-0.4, -0.2) is 23.3 Å². The second-order valence-corrected chi connectivity index (χ2v) is 10.7. The average molecular weight is 638 g/mol. The van der Waals surface area contributed by atoms with E-state index in [9.17, 15) is 22.8 Å². The highest BCUT2D eigenvalue weighted by Crippen LogP contribution is 2.38. The molecule has 200 valence electrons. The molecular formula is C27H17BrClF3N2O4S. The minimum atomic E-state index is -4.98. The summed E-state index contributed by atoms with van der Waals surface area (Å²) in [5.41, 5.74) is -1.80. The third-order valence-electron chi connectivity index (χ3n) is 5.79. The van der Waals surface area contributed by atoms with Crippen molar-refractivity contribution < 1.29 is 27.1 Å². The number of fused-ring (bicyclic) bond motifs is 1. The zero-order valence-electron chi connectivity index (χ0n) is 20.0. The summed E-state index contributed by atoms with van der Waals surface area (Å²) in [6, 6.07) is 15.2. The number of nitrogens with zero attached hydrogens (tertiary/aromatic N) is 2. The lowest BCUT2D eigenvalue weighted by molar-refractivity contribution is -0.140. The average Bonchev–Trinajstić information content (AvgIpc) is 3.48. The summed E-state index contributed by atoms with van der Waals surface area (Å²) in [4.78, 5) is 30.0. The van der Waals surface area contributed by atoms with Gasteiger partial charge >= 0.3 is 12.1 Å². The molecule has 1 aliphatic heterocycles. The lowest BCUT2D eigenvalue weighted by atomic mass is 9.95. The molecule has 12 heteroatoms. The van der Waals surface area contributed by atoms with Crippen LogP contribution in [0.5, 0.6) is 0 Å². The van der Waals surface area contributed by atoms with Gasteiger partial charge in [-0.25, -0.2) is 9.79 Å². The number of hydrogen-bond donors (Lipinski definition) is 0. The monoisotopic (exact) mass is 636 g/mol. The maximum Gasteiger partial charge on any atom is 0.434 e. The van der Waals surface area contributed by atoms with Gasteiger partial charge in [0.05, 0.1) is 22.8 Å². The summed E-state index contributed by atoms with van der Waals surface area (Å²) >= 11 is 10.2. The summed E-state index contributed by atoms with van der Waals surface area (Å²) in [7, 11) is 0. The molecule has 1 aliphatic rings. The molecule has 0 spiro atoms. The molecule has 0 unspecified atom stereocenters. The quantitative estimate of drug-likeness (QED) is 0.251. The molecule has 4 aromatic rings. The predicted molar refractivity (Wildman–Crippen MR) is 144 cm³/mol. The Balaban J connectivity index is 1.71. The van der Waals surface area contributed by atoms with Crippen molar-refractivity contribution in [2.24, 2.45) is 4.99 Å². The molecule has 3 heterocycles. The van der Waals surface area contributed by atoms with E-state index in [-0.39, 0.29) is 21.5 Å². The number of aromatic nitrogens is 1. The van der Waals surface area contributed by atoms with Gasteiger partial charge in [0.15, 0.2) is 10.5 Å². The molecule has 2 aromatic carbocycles. The van der Waals surface area contributed by atoms with Gasteiger partial charge in [0.1, 0.15) is 11.5 Å². The summed E-state index contributed by atoms with van der Waals surface area (Å²) in [5.74, 6) is -0.357. The summed E-state index contributed by atoms with van der Waals surface area (Å²) in [6.45, 7) is 1.31. The molecule has 0 fully saturated rings. The number of rotatable bonds is 5. The van der Waals surface area contributed by atoms with Gasteiger partial charge in [0, 0.05) is 21.1 Å². The van der Waals surface area contributed by atoms with E-state index in [0.29, 0.717) is 16.5 Å². The molecule has 0 saturated carbocycles. The largest absolute Gasteiger partial charge is 0.463 e. The van der Waals surface area contributed by atoms with Gasteiger partial charge in [-0.2, -0.15) is 13.2 Å². The molecule has 0 bridgehead atoms. The van der Waals surface area contributed by atoms with E-state index in [0.717, 1.165) is 25.9 Å². The van der Waals surface area contributed by atoms with E-state index in [4.69, 9.17) is 20.8 Å². The predicted octanol–water partition coefficient (Wildman–Crippen LogP) is 6.02. The first-order chi connectivity index (χ1) is 18.6. The molecule has 5 rings (SSSR count). The third kappa shape index (κ3) is 5.39. The van der Waals surface area contributed by atoms with E-state index in [1.54, 1.807) is 12.1 Å². The molecule has 0 amide bonds. The summed E-state index contributed by atoms with van der Waals surface area (Å²) in [5, 5.41) is 0.336. The van der Waals surface area contributed by atoms with Crippen LogP contribution in [0.15, 0.2) is 90.6 Å². The van der Waals surface area contributed by atoms with Gasteiger partial charge in [0.2, 0.25) is 0 Å². The number of furan rings is 1. The van der Waals surface area contributed by atoms with Crippen LogP contribution < -0.4 is 14.9 Å². The number of thiazole rings is 1. The first-order valence-electron chi connectivity index (χ1n) is 11.5. The Kier molecular flexibility index (Phi) is 7.41. The zero-order valence-corrected chi connectivity index (χ0v) is 23.1. The number of hydrogen-bond acceptors (Lipinski definition) is 6. The van der Waals surface area contributed by atoms with Crippen molar-refractivity contribution in [2.45, 2.75) is 19.1 Å². The van der Waals surface area contributed by atoms with Crippen LogP contribution in [0.2, 0.25) is 5.02 Å². The highest BCUT2D eigenvalue weighted by molar-refractivity contribution is 9.10. The van der Waals surface area contributed by atoms with E-state index in [1.807, 2.05) is 24.3 Å². The van der Waals surface area contributed by atoms with Crippen LogP contribution >= 0.6 is 38.9 Å². The molecular weight excluding hydrogens is 621 g/mol. The maximum absolute atomic E-state index is 14.2. The van der Waals surface area contributed by atoms with Crippen molar-refractivity contribution in [1.29, 1.82) is 0 Å². The van der Waals surface area contributed by atoms with Crippen LogP contribution in [0.1, 0.15) is 24.3 Å². The SMILES string of the molecule is CCOC(=O)C1=C(C(F)(F)F)N=c2s/c(=C\c3ccc(-c4cccc(Br)c4)o3)c(=O)n2[C@@H]1c1ccc(Cl)cc1. The number of ether oxygens (including phenoxy) is 1. The van der Waals surface area contributed by atoms with Gasteiger partial charge in [-0.3, -0.25) is 9.36 Å². The Labute approximate surface area is 236 Å². The van der Waals surface area contributed by atoms with Gasteiger partial charge in [-0.05, 0) is 48.9 Å². The van der Waals surface area contributed by atoms with Crippen LogP contribution in [-0.2, 0) is 9.53 Å². The number of carbonyl (C=O) groups is 1. The minimum absolute atomic E-state index is 0.0782. The van der Waals surface area contributed by atoms with Crippen LogP contribution in [0.3, 0.4) is 0 Å². The smallest absolute Gasteiger partial charge is 0.434 e. The number of allylic oxidation sites excluding steroid dienone is 1. The highest BCUT2D eigenvalue weighted by Gasteiger charge is 2.45.